The van der Waals surface area contributed by atoms with Gasteiger partial charge in [-0.1, -0.05) is 53.4 Å². The highest BCUT2D eigenvalue weighted by molar-refractivity contribution is 7.53. The molecular weight excluding hydrogens is 335 g/mol. The Hall–Kier alpha value is 0.110. The second-order valence-corrected chi connectivity index (χ2v) is 9.68. The molecule has 0 heterocycles. The molecule has 152 valence electrons. The zero-order valence-electron chi connectivity index (χ0n) is 17.4. The fourth-order valence-electron chi connectivity index (χ4n) is 2.71. The summed E-state index contributed by atoms with van der Waals surface area (Å²) < 4.78 is 29.9. The van der Waals surface area contributed by atoms with Crippen LogP contribution in [0.2, 0.25) is 0 Å². The standard InChI is InChI=1S/C20H43O4P/c1-6-8-10-13-20(14-16-22-5)18-24-25(21,17-9-7-2)23-15-11-12-19(3)4/h19-20H,6-18H2,1-5H3. The summed E-state index contributed by atoms with van der Waals surface area (Å²) in [6, 6.07) is 0. The minimum absolute atomic E-state index is 0.403. The Labute approximate surface area is 156 Å². The molecule has 0 spiro atoms. The summed E-state index contributed by atoms with van der Waals surface area (Å²) in [7, 11) is -1.23. The molecule has 0 aliphatic rings. The summed E-state index contributed by atoms with van der Waals surface area (Å²) in [5.74, 6) is 1.05. The van der Waals surface area contributed by atoms with Gasteiger partial charge in [-0.25, -0.2) is 0 Å². The van der Waals surface area contributed by atoms with Gasteiger partial charge in [0.2, 0.25) is 0 Å². The molecule has 4 nitrogen and oxygen atoms in total. The maximum absolute atomic E-state index is 13.0. The van der Waals surface area contributed by atoms with Crippen molar-refractivity contribution in [3.05, 3.63) is 0 Å². The largest absolute Gasteiger partial charge is 0.385 e. The first-order valence-electron chi connectivity index (χ1n) is 10.3. The maximum atomic E-state index is 13.0. The molecule has 2 unspecified atom stereocenters. The van der Waals surface area contributed by atoms with Crippen molar-refractivity contribution in [2.45, 2.75) is 85.5 Å². The van der Waals surface area contributed by atoms with Crippen molar-refractivity contribution >= 4 is 7.60 Å². The van der Waals surface area contributed by atoms with Crippen LogP contribution in [0.15, 0.2) is 0 Å². The van der Waals surface area contributed by atoms with Crippen molar-refractivity contribution in [1.29, 1.82) is 0 Å². The molecule has 0 aliphatic heterocycles. The van der Waals surface area contributed by atoms with E-state index in [1.54, 1.807) is 7.11 Å². The predicted molar refractivity (Wildman–Crippen MR) is 107 cm³/mol. The van der Waals surface area contributed by atoms with Gasteiger partial charge in [-0.15, -0.1) is 0 Å². The van der Waals surface area contributed by atoms with Crippen LogP contribution in [0.3, 0.4) is 0 Å². The Morgan fingerprint density at radius 1 is 0.840 bits per heavy atom. The van der Waals surface area contributed by atoms with Crippen LogP contribution < -0.4 is 0 Å². The zero-order chi connectivity index (χ0) is 19.0. The van der Waals surface area contributed by atoms with E-state index in [4.69, 9.17) is 13.8 Å². The van der Waals surface area contributed by atoms with Crippen LogP contribution in [0.5, 0.6) is 0 Å². The lowest BCUT2D eigenvalue weighted by atomic mass is 9.99. The summed E-state index contributed by atoms with van der Waals surface area (Å²) >= 11 is 0. The number of rotatable bonds is 18. The van der Waals surface area contributed by atoms with E-state index in [1.807, 2.05) is 0 Å². The quantitative estimate of drug-likeness (QED) is 0.197. The predicted octanol–water partition coefficient (Wildman–Crippen LogP) is 6.68. The number of hydrogen-bond donors (Lipinski definition) is 0. The zero-order valence-corrected chi connectivity index (χ0v) is 18.3. The van der Waals surface area contributed by atoms with E-state index >= 15 is 0 Å². The lowest BCUT2D eigenvalue weighted by Crippen LogP contribution is -2.13. The third-order valence-corrected chi connectivity index (χ3v) is 6.43. The van der Waals surface area contributed by atoms with Crippen molar-refractivity contribution in [3.8, 4) is 0 Å². The van der Waals surface area contributed by atoms with Gasteiger partial charge in [0.25, 0.3) is 0 Å². The summed E-state index contributed by atoms with van der Waals surface area (Å²) in [6.07, 6.45) is 10.2. The highest BCUT2D eigenvalue weighted by atomic mass is 31.2. The van der Waals surface area contributed by atoms with Gasteiger partial charge >= 0.3 is 7.60 Å². The topological polar surface area (TPSA) is 44.8 Å². The molecule has 0 bridgehead atoms. The normalized spacial score (nSPS) is 15.4. The third kappa shape index (κ3) is 14.9. The number of methoxy groups -OCH3 is 1. The van der Waals surface area contributed by atoms with Gasteiger partial charge in [-0.2, -0.15) is 0 Å². The molecule has 2 atom stereocenters. The van der Waals surface area contributed by atoms with Gasteiger partial charge in [0, 0.05) is 13.7 Å². The van der Waals surface area contributed by atoms with Crippen molar-refractivity contribution in [1.82, 2.24) is 0 Å². The van der Waals surface area contributed by atoms with E-state index in [1.165, 1.54) is 19.3 Å². The Morgan fingerprint density at radius 3 is 2.16 bits per heavy atom. The van der Waals surface area contributed by atoms with Crippen LogP contribution in [0.4, 0.5) is 0 Å². The SMILES string of the molecule is CCCCCC(CCOC)COP(=O)(CCCC)OCCCC(C)C. The summed E-state index contributed by atoms with van der Waals surface area (Å²) in [4.78, 5) is 0. The van der Waals surface area contributed by atoms with Crippen LogP contribution in [0.1, 0.15) is 85.5 Å². The molecule has 25 heavy (non-hydrogen) atoms. The molecule has 5 heteroatoms. The van der Waals surface area contributed by atoms with E-state index in [-0.39, 0.29) is 0 Å². The fourth-order valence-corrected chi connectivity index (χ4v) is 4.59. The van der Waals surface area contributed by atoms with Crippen LogP contribution in [-0.4, -0.2) is 33.1 Å². The van der Waals surface area contributed by atoms with Crippen LogP contribution in [0.25, 0.3) is 0 Å². The first-order valence-corrected chi connectivity index (χ1v) is 12.1. The fraction of sp³-hybridized carbons (Fsp3) is 1.00. The molecular formula is C20H43O4P. The number of ether oxygens (including phenoxy) is 1. The Morgan fingerprint density at radius 2 is 1.56 bits per heavy atom. The average molecular weight is 379 g/mol. The highest BCUT2D eigenvalue weighted by Crippen LogP contribution is 2.49. The molecule has 0 amide bonds. The lowest BCUT2D eigenvalue weighted by Gasteiger charge is -2.23. The molecule has 0 radical (unpaired) electrons. The molecule has 0 aromatic rings. The van der Waals surface area contributed by atoms with Gasteiger partial charge in [-0.3, -0.25) is 4.57 Å². The Balaban J connectivity index is 4.47. The first kappa shape index (κ1) is 25.1. The van der Waals surface area contributed by atoms with E-state index < -0.39 is 7.60 Å². The minimum Gasteiger partial charge on any atom is -0.385 e. The summed E-state index contributed by atoms with van der Waals surface area (Å²) in [6.45, 7) is 10.5. The molecule has 0 aromatic carbocycles. The van der Waals surface area contributed by atoms with Crippen LogP contribution >= 0.6 is 7.60 Å². The number of hydrogen-bond acceptors (Lipinski definition) is 4. The number of unbranched alkanes of at least 4 members (excludes halogenated alkanes) is 3. The molecule has 0 aromatic heterocycles. The van der Waals surface area contributed by atoms with Gasteiger partial charge in [0.15, 0.2) is 0 Å². The van der Waals surface area contributed by atoms with Crippen molar-refractivity contribution < 1.29 is 18.3 Å². The van der Waals surface area contributed by atoms with Gasteiger partial charge in [0.05, 0.1) is 19.4 Å². The molecule has 0 N–H and O–H groups in total. The molecule has 0 saturated carbocycles. The molecule has 0 fully saturated rings. The first-order chi connectivity index (χ1) is 12.0. The Bertz CT molecular complexity index is 334. The van der Waals surface area contributed by atoms with Gasteiger partial charge in [-0.05, 0) is 43.9 Å². The smallest absolute Gasteiger partial charge is 0.330 e. The third-order valence-electron chi connectivity index (χ3n) is 4.45. The highest BCUT2D eigenvalue weighted by Gasteiger charge is 2.25. The van der Waals surface area contributed by atoms with E-state index in [0.29, 0.717) is 31.2 Å². The second-order valence-electron chi connectivity index (χ2n) is 7.50. The van der Waals surface area contributed by atoms with E-state index in [9.17, 15) is 4.57 Å². The molecule has 0 rings (SSSR count). The summed E-state index contributed by atoms with van der Waals surface area (Å²) in [5.41, 5.74) is 0. The van der Waals surface area contributed by atoms with Gasteiger partial charge < -0.3 is 13.8 Å². The van der Waals surface area contributed by atoms with E-state index in [0.717, 1.165) is 45.1 Å². The molecule has 0 saturated heterocycles. The maximum Gasteiger partial charge on any atom is 0.330 e. The van der Waals surface area contributed by atoms with E-state index in [2.05, 4.69) is 27.7 Å². The average Bonchev–Trinajstić information content (AvgIpc) is 2.59. The monoisotopic (exact) mass is 378 g/mol. The minimum atomic E-state index is -2.96. The summed E-state index contributed by atoms with van der Waals surface area (Å²) in [5, 5.41) is 0. The van der Waals surface area contributed by atoms with Crippen molar-refractivity contribution in [3.63, 3.8) is 0 Å². The van der Waals surface area contributed by atoms with Crippen LogP contribution in [0, 0.1) is 11.8 Å². The second kappa shape index (κ2) is 16.3. The van der Waals surface area contributed by atoms with Gasteiger partial charge in [0.1, 0.15) is 0 Å². The van der Waals surface area contributed by atoms with Crippen LogP contribution in [-0.2, 0) is 18.3 Å². The molecule has 0 aliphatic carbocycles. The van der Waals surface area contributed by atoms with Crippen molar-refractivity contribution in [2.75, 3.05) is 33.1 Å². The lowest BCUT2D eigenvalue weighted by molar-refractivity contribution is 0.133. The Kier molecular flexibility index (Phi) is 16.4. The van der Waals surface area contributed by atoms with Crippen molar-refractivity contribution in [2.24, 2.45) is 11.8 Å².